The summed E-state index contributed by atoms with van der Waals surface area (Å²) in [5.41, 5.74) is 2.55. The monoisotopic (exact) mass is 393 g/mol. The molecule has 29 heavy (non-hydrogen) atoms. The molecule has 0 bridgehead atoms. The first kappa shape index (κ1) is 19.3. The van der Waals surface area contributed by atoms with Crippen molar-refractivity contribution >= 4 is 22.6 Å². The van der Waals surface area contributed by atoms with Gasteiger partial charge in [0.15, 0.2) is 0 Å². The number of fused-ring (bicyclic) bond motifs is 1. The zero-order valence-electron chi connectivity index (χ0n) is 16.4. The quantitative estimate of drug-likeness (QED) is 0.706. The Labute approximate surface area is 169 Å². The molecule has 1 fully saturated rings. The summed E-state index contributed by atoms with van der Waals surface area (Å²) in [6.45, 7) is 4.47. The summed E-state index contributed by atoms with van der Waals surface area (Å²) in [6, 6.07) is 13.7. The molecular weight excluding hydrogens is 369 g/mol. The van der Waals surface area contributed by atoms with Gasteiger partial charge in [0.25, 0.3) is 0 Å². The van der Waals surface area contributed by atoms with Crippen molar-refractivity contribution in [3.05, 3.63) is 65.9 Å². The number of piperidine rings is 1. The fraction of sp³-hybridized carbons (Fsp3) is 0.318. The molecule has 1 aliphatic rings. The van der Waals surface area contributed by atoms with Crippen LogP contribution in [0.3, 0.4) is 0 Å². The number of nitrogens with zero attached hydrogens (tertiary/aromatic N) is 3. The summed E-state index contributed by atoms with van der Waals surface area (Å²) in [6.07, 6.45) is 1.73. The summed E-state index contributed by atoms with van der Waals surface area (Å²) in [5, 5.41) is 6.83. The molecule has 2 aromatic carbocycles. The first-order valence-corrected chi connectivity index (χ1v) is 9.84. The lowest BCUT2D eigenvalue weighted by molar-refractivity contribution is 0.186. The van der Waals surface area contributed by atoms with E-state index in [1.807, 2.05) is 31.2 Å². The number of carbonyl (C=O) groups excluding carboxylic acids is 1. The molecule has 0 radical (unpaired) electrons. The average Bonchev–Trinajstić information content (AvgIpc) is 2.71. The Morgan fingerprint density at radius 3 is 2.59 bits per heavy atom. The van der Waals surface area contributed by atoms with Gasteiger partial charge < -0.3 is 10.6 Å². The van der Waals surface area contributed by atoms with Crippen LogP contribution in [-0.4, -0.2) is 40.0 Å². The highest BCUT2D eigenvalue weighted by Gasteiger charge is 2.21. The molecule has 0 spiro atoms. The van der Waals surface area contributed by atoms with Gasteiger partial charge in [0, 0.05) is 35.9 Å². The number of rotatable bonds is 4. The smallest absolute Gasteiger partial charge is 0.319 e. The van der Waals surface area contributed by atoms with E-state index in [2.05, 4.69) is 20.5 Å². The number of anilines is 1. The average molecular weight is 393 g/mol. The van der Waals surface area contributed by atoms with E-state index in [0.29, 0.717) is 12.2 Å². The molecule has 1 saturated heterocycles. The molecule has 6 nitrogen and oxygen atoms in total. The van der Waals surface area contributed by atoms with Gasteiger partial charge in [-0.25, -0.2) is 19.2 Å². The van der Waals surface area contributed by atoms with Crippen LogP contribution in [0.1, 0.15) is 24.4 Å². The molecule has 1 aliphatic heterocycles. The highest BCUT2D eigenvalue weighted by Crippen LogP contribution is 2.17. The zero-order valence-corrected chi connectivity index (χ0v) is 16.4. The summed E-state index contributed by atoms with van der Waals surface area (Å²) >= 11 is 0. The summed E-state index contributed by atoms with van der Waals surface area (Å²) in [4.78, 5) is 23.8. The van der Waals surface area contributed by atoms with Crippen molar-refractivity contribution in [2.24, 2.45) is 0 Å². The van der Waals surface area contributed by atoms with Gasteiger partial charge in [-0.1, -0.05) is 18.2 Å². The molecule has 2 amide bonds. The third-order valence-electron chi connectivity index (χ3n) is 5.23. The Bertz CT molecular complexity index is 1000. The summed E-state index contributed by atoms with van der Waals surface area (Å²) < 4.78 is 12.9. The number of hydrogen-bond acceptors (Lipinski definition) is 4. The number of amides is 2. The fourth-order valence-electron chi connectivity index (χ4n) is 3.69. The first-order valence-electron chi connectivity index (χ1n) is 9.84. The maximum absolute atomic E-state index is 12.9. The molecule has 7 heteroatoms. The first-order chi connectivity index (χ1) is 14.1. The van der Waals surface area contributed by atoms with Crippen molar-refractivity contribution < 1.29 is 9.18 Å². The van der Waals surface area contributed by atoms with Gasteiger partial charge in [-0.3, -0.25) is 4.90 Å². The number of aryl methyl sites for hydroxylation is 1. The minimum atomic E-state index is -0.325. The minimum absolute atomic E-state index is 0.117. The van der Waals surface area contributed by atoms with Crippen LogP contribution in [0.15, 0.2) is 48.5 Å². The van der Waals surface area contributed by atoms with Crippen LogP contribution in [0, 0.1) is 12.7 Å². The SMILES string of the molecule is Cc1nc(CN2CCC(NC(=O)Nc3ccc(F)cc3)CC2)nc2ccccc12. The van der Waals surface area contributed by atoms with Crippen molar-refractivity contribution in [1.29, 1.82) is 0 Å². The molecule has 0 unspecified atom stereocenters. The molecular formula is C22H24FN5O. The van der Waals surface area contributed by atoms with Crippen molar-refractivity contribution in [2.45, 2.75) is 32.4 Å². The van der Waals surface area contributed by atoms with E-state index in [4.69, 9.17) is 4.98 Å². The van der Waals surface area contributed by atoms with E-state index in [1.165, 1.54) is 12.1 Å². The molecule has 2 N–H and O–H groups in total. The van der Waals surface area contributed by atoms with Crippen molar-refractivity contribution in [3.63, 3.8) is 0 Å². The van der Waals surface area contributed by atoms with Crippen LogP contribution >= 0.6 is 0 Å². The molecule has 0 aliphatic carbocycles. The normalized spacial score (nSPS) is 15.4. The topological polar surface area (TPSA) is 70.2 Å². The van der Waals surface area contributed by atoms with E-state index in [1.54, 1.807) is 12.1 Å². The lowest BCUT2D eigenvalue weighted by atomic mass is 10.1. The number of hydrogen-bond donors (Lipinski definition) is 2. The lowest BCUT2D eigenvalue weighted by Crippen LogP contribution is -2.45. The van der Waals surface area contributed by atoms with E-state index < -0.39 is 0 Å². The highest BCUT2D eigenvalue weighted by atomic mass is 19.1. The van der Waals surface area contributed by atoms with Crippen LogP contribution in [0.5, 0.6) is 0 Å². The van der Waals surface area contributed by atoms with Gasteiger partial charge in [-0.2, -0.15) is 0 Å². The Kier molecular flexibility index (Phi) is 5.67. The van der Waals surface area contributed by atoms with Crippen LogP contribution in [0.2, 0.25) is 0 Å². The van der Waals surface area contributed by atoms with Crippen molar-refractivity contribution in [3.8, 4) is 0 Å². The van der Waals surface area contributed by atoms with Gasteiger partial charge in [0.2, 0.25) is 0 Å². The van der Waals surface area contributed by atoms with Gasteiger partial charge >= 0.3 is 6.03 Å². The van der Waals surface area contributed by atoms with Gasteiger partial charge in [-0.05, 0) is 50.1 Å². The van der Waals surface area contributed by atoms with Crippen LogP contribution in [0.4, 0.5) is 14.9 Å². The van der Waals surface area contributed by atoms with E-state index in [9.17, 15) is 9.18 Å². The number of para-hydroxylation sites is 1. The Hall–Kier alpha value is -3.06. The molecule has 4 rings (SSSR count). The second-order valence-electron chi connectivity index (χ2n) is 7.40. The Morgan fingerprint density at radius 1 is 1.10 bits per heavy atom. The van der Waals surface area contributed by atoms with E-state index >= 15 is 0 Å². The fourth-order valence-corrected chi connectivity index (χ4v) is 3.69. The third kappa shape index (κ3) is 4.86. The number of benzene rings is 2. The third-order valence-corrected chi connectivity index (χ3v) is 5.23. The summed E-state index contributed by atoms with van der Waals surface area (Å²) in [7, 11) is 0. The van der Waals surface area contributed by atoms with Gasteiger partial charge in [0.05, 0.1) is 12.1 Å². The molecule has 0 saturated carbocycles. The minimum Gasteiger partial charge on any atom is -0.335 e. The zero-order chi connectivity index (χ0) is 20.2. The standard InChI is InChI=1S/C22H24FN5O/c1-15-19-4-2-3-5-20(19)27-21(24-15)14-28-12-10-18(11-13-28)26-22(29)25-17-8-6-16(23)7-9-17/h2-9,18H,10-14H2,1H3,(H2,25,26,29). The maximum atomic E-state index is 12.9. The molecule has 0 atom stereocenters. The van der Waals surface area contributed by atoms with Gasteiger partial charge in [0.1, 0.15) is 11.6 Å². The molecule has 3 aromatic rings. The van der Waals surface area contributed by atoms with Crippen molar-refractivity contribution in [2.75, 3.05) is 18.4 Å². The Balaban J connectivity index is 1.28. The number of halogens is 1. The molecule has 2 heterocycles. The van der Waals surface area contributed by atoms with Crippen molar-refractivity contribution in [1.82, 2.24) is 20.2 Å². The predicted octanol–water partition coefficient (Wildman–Crippen LogP) is 3.86. The van der Waals surface area contributed by atoms with Gasteiger partial charge in [-0.15, -0.1) is 0 Å². The number of likely N-dealkylation sites (tertiary alicyclic amines) is 1. The molecule has 1 aromatic heterocycles. The van der Waals surface area contributed by atoms with E-state index in [-0.39, 0.29) is 17.9 Å². The Morgan fingerprint density at radius 2 is 1.83 bits per heavy atom. The predicted molar refractivity (Wildman–Crippen MR) is 111 cm³/mol. The second kappa shape index (κ2) is 8.53. The number of carbonyl (C=O) groups is 1. The van der Waals surface area contributed by atoms with Crippen LogP contribution < -0.4 is 10.6 Å². The van der Waals surface area contributed by atoms with E-state index in [0.717, 1.165) is 48.4 Å². The molecule has 150 valence electrons. The van der Waals surface area contributed by atoms with Crippen LogP contribution in [-0.2, 0) is 6.54 Å². The largest absolute Gasteiger partial charge is 0.335 e. The number of urea groups is 1. The number of aromatic nitrogens is 2. The lowest BCUT2D eigenvalue weighted by Gasteiger charge is -2.31. The highest BCUT2D eigenvalue weighted by molar-refractivity contribution is 5.89. The second-order valence-corrected chi connectivity index (χ2v) is 7.40. The van der Waals surface area contributed by atoms with Crippen LogP contribution in [0.25, 0.3) is 10.9 Å². The number of nitrogens with one attached hydrogen (secondary N) is 2. The summed E-state index contributed by atoms with van der Waals surface area (Å²) in [5.74, 6) is 0.510. The maximum Gasteiger partial charge on any atom is 0.319 e.